The number of sulfonamides is 1. The molecule has 2 rings (SSSR count). The maximum absolute atomic E-state index is 13.0. The molecule has 10 heteroatoms. The van der Waals surface area contributed by atoms with Crippen LogP contribution in [0.4, 0.5) is 10.1 Å². The Balaban J connectivity index is 2.07. The lowest BCUT2D eigenvalue weighted by molar-refractivity contribution is -0.121. The molecule has 162 valence electrons. The Morgan fingerprint density at radius 3 is 2.43 bits per heavy atom. The lowest BCUT2D eigenvalue weighted by Crippen LogP contribution is -2.35. The highest BCUT2D eigenvalue weighted by Crippen LogP contribution is 2.25. The maximum Gasteiger partial charge on any atom is 0.263 e. The first-order valence-corrected chi connectivity index (χ1v) is 11.1. The first-order valence-electron chi connectivity index (χ1n) is 9.28. The topological polar surface area (TPSA) is 104 Å². The van der Waals surface area contributed by atoms with Gasteiger partial charge in [-0.3, -0.25) is 14.3 Å². The lowest BCUT2D eigenvalue weighted by atomic mass is 10.2. The van der Waals surface area contributed by atoms with Gasteiger partial charge in [0.2, 0.25) is 5.91 Å². The molecule has 0 bridgehead atoms. The summed E-state index contributed by atoms with van der Waals surface area (Å²) in [6.45, 7) is 3.93. The van der Waals surface area contributed by atoms with Gasteiger partial charge < -0.3 is 10.6 Å². The number of rotatable bonds is 9. The number of amides is 2. The summed E-state index contributed by atoms with van der Waals surface area (Å²) < 4.78 is 40.6. The van der Waals surface area contributed by atoms with Gasteiger partial charge in [0.1, 0.15) is 10.7 Å². The SMILES string of the molecule is CCC(C)NC(=O)CCNC(=O)c1ccc(Cl)c(S(=O)(=O)Nc2ccc(F)cc2)c1. The summed E-state index contributed by atoms with van der Waals surface area (Å²) in [5.74, 6) is -1.23. The maximum atomic E-state index is 13.0. The number of hydrogen-bond donors (Lipinski definition) is 3. The summed E-state index contributed by atoms with van der Waals surface area (Å²) in [6.07, 6.45) is 0.896. The quantitative estimate of drug-likeness (QED) is 0.539. The Morgan fingerprint density at radius 1 is 1.13 bits per heavy atom. The Hall–Kier alpha value is -2.65. The molecule has 2 aromatic carbocycles. The zero-order chi connectivity index (χ0) is 22.3. The van der Waals surface area contributed by atoms with Crippen LogP contribution in [-0.2, 0) is 14.8 Å². The molecule has 1 atom stereocenters. The van der Waals surface area contributed by atoms with Crippen LogP contribution in [0.5, 0.6) is 0 Å². The summed E-state index contributed by atoms with van der Waals surface area (Å²) in [6, 6.07) is 8.62. The average molecular weight is 456 g/mol. The number of carbonyl (C=O) groups excluding carboxylic acids is 2. The molecule has 0 aromatic heterocycles. The molecule has 3 N–H and O–H groups in total. The smallest absolute Gasteiger partial charge is 0.263 e. The minimum absolute atomic E-state index is 0.0471. The second kappa shape index (κ2) is 10.4. The van der Waals surface area contributed by atoms with Crippen LogP contribution in [0.3, 0.4) is 0 Å². The second-order valence-corrected chi connectivity index (χ2v) is 8.70. The van der Waals surface area contributed by atoms with Crippen molar-refractivity contribution >= 4 is 39.1 Å². The summed E-state index contributed by atoms with van der Waals surface area (Å²) >= 11 is 6.02. The predicted molar refractivity (Wildman–Crippen MR) is 114 cm³/mol. The van der Waals surface area contributed by atoms with Gasteiger partial charge in [0.05, 0.1) is 5.02 Å². The molecular weight excluding hydrogens is 433 g/mol. The van der Waals surface area contributed by atoms with Crippen molar-refractivity contribution < 1.29 is 22.4 Å². The highest BCUT2D eigenvalue weighted by molar-refractivity contribution is 7.92. The van der Waals surface area contributed by atoms with E-state index in [0.29, 0.717) is 0 Å². The van der Waals surface area contributed by atoms with Crippen molar-refractivity contribution in [3.63, 3.8) is 0 Å². The van der Waals surface area contributed by atoms with Gasteiger partial charge in [0.25, 0.3) is 15.9 Å². The first kappa shape index (κ1) is 23.6. The van der Waals surface area contributed by atoms with E-state index in [-0.39, 0.29) is 46.1 Å². The third kappa shape index (κ3) is 6.70. The van der Waals surface area contributed by atoms with Crippen molar-refractivity contribution in [1.29, 1.82) is 0 Å². The van der Waals surface area contributed by atoms with E-state index >= 15 is 0 Å². The van der Waals surface area contributed by atoms with Crippen LogP contribution < -0.4 is 15.4 Å². The van der Waals surface area contributed by atoms with E-state index in [1.54, 1.807) is 0 Å². The Kier molecular flexibility index (Phi) is 8.19. The van der Waals surface area contributed by atoms with Gasteiger partial charge in [-0.1, -0.05) is 18.5 Å². The van der Waals surface area contributed by atoms with Gasteiger partial charge in [-0.2, -0.15) is 0 Å². The van der Waals surface area contributed by atoms with E-state index in [4.69, 9.17) is 11.6 Å². The number of benzene rings is 2. The van der Waals surface area contributed by atoms with Crippen molar-refractivity contribution in [1.82, 2.24) is 10.6 Å². The van der Waals surface area contributed by atoms with Crippen molar-refractivity contribution in [2.75, 3.05) is 11.3 Å². The summed E-state index contributed by atoms with van der Waals surface area (Å²) in [5, 5.41) is 5.29. The number of hydrogen-bond acceptors (Lipinski definition) is 4. The standard InChI is InChI=1S/C20H23ClFN3O4S/c1-3-13(2)24-19(26)10-11-23-20(27)14-4-9-17(21)18(12-14)30(28,29)25-16-7-5-15(22)6-8-16/h4-9,12-13,25H,3,10-11H2,1-2H3,(H,23,27)(H,24,26). The highest BCUT2D eigenvalue weighted by atomic mass is 35.5. The van der Waals surface area contributed by atoms with Crippen LogP contribution in [0.25, 0.3) is 0 Å². The van der Waals surface area contributed by atoms with E-state index in [1.165, 1.54) is 24.3 Å². The van der Waals surface area contributed by atoms with Gasteiger partial charge in [0, 0.05) is 30.3 Å². The molecule has 0 aliphatic carbocycles. The van der Waals surface area contributed by atoms with Crippen LogP contribution >= 0.6 is 11.6 Å². The molecular formula is C20H23ClFN3O4S. The number of carbonyl (C=O) groups is 2. The molecule has 0 saturated heterocycles. The molecule has 0 aliphatic heterocycles. The highest BCUT2D eigenvalue weighted by Gasteiger charge is 2.20. The Labute approximate surface area is 180 Å². The largest absolute Gasteiger partial charge is 0.354 e. The van der Waals surface area contributed by atoms with E-state index in [0.717, 1.165) is 24.6 Å². The van der Waals surface area contributed by atoms with E-state index in [2.05, 4.69) is 15.4 Å². The molecule has 2 amide bonds. The van der Waals surface area contributed by atoms with Gasteiger partial charge in [0.15, 0.2) is 0 Å². The Bertz CT molecular complexity index is 1010. The molecule has 0 fully saturated rings. The van der Waals surface area contributed by atoms with Gasteiger partial charge in [-0.05, 0) is 55.8 Å². The summed E-state index contributed by atoms with van der Waals surface area (Å²) in [5.41, 5.74) is 0.218. The zero-order valence-corrected chi connectivity index (χ0v) is 18.1. The van der Waals surface area contributed by atoms with E-state index in [1.807, 2.05) is 13.8 Å². The van der Waals surface area contributed by atoms with Crippen molar-refractivity contribution in [2.24, 2.45) is 0 Å². The van der Waals surface area contributed by atoms with Crippen LogP contribution in [0.2, 0.25) is 5.02 Å². The third-order valence-corrected chi connectivity index (χ3v) is 6.10. The van der Waals surface area contributed by atoms with Crippen LogP contribution in [-0.4, -0.2) is 32.8 Å². The molecule has 0 heterocycles. The fourth-order valence-electron chi connectivity index (χ4n) is 2.42. The van der Waals surface area contributed by atoms with Crippen molar-refractivity contribution in [3.8, 4) is 0 Å². The molecule has 0 spiro atoms. The molecule has 1 unspecified atom stereocenters. The number of anilines is 1. The summed E-state index contributed by atoms with van der Waals surface area (Å²) in [4.78, 5) is 23.8. The first-order chi connectivity index (χ1) is 14.1. The Morgan fingerprint density at radius 2 is 1.80 bits per heavy atom. The molecule has 0 aliphatic rings. The van der Waals surface area contributed by atoms with E-state index in [9.17, 15) is 22.4 Å². The third-order valence-electron chi connectivity index (χ3n) is 4.24. The number of halogens is 2. The predicted octanol–water partition coefficient (Wildman–Crippen LogP) is 3.31. The fourth-order valence-corrected chi connectivity index (χ4v) is 4.00. The van der Waals surface area contributed by atoms with Crippen LogP contribution in [0, 0.1) is 5.82 Å². The normalized spacial score (nSPS) is 12.1. The average Bonchev–Trinajstić information content (AvgIpc) is 2.69. The van der Waals surface area contributed by atoms with Gasteiger partial charge in [-0.15, -0.1) is 0 Å². The zero-order valence-electron chi connectivity index (χ0n) is 16.5. The van der Waals surface area contributed by atoms with E-state index < -0.39 is 21.7 Å². The molecule has 7 nitrogen and oxygen atoms in total. The van der Waals surface area contributed by atoms with Gasteiger partial charge >= 0.3 is 0 Å². The van der Waals surface area contributed by atoms with Gasteiger partial charge in [-0.25, -0.2) is 12.8 Å². The minimum Gasteiger partial charge on any atom is -0.354 e. The number of nitrogens with one attached hydrogen (secondary N) is 3. The minimum atomic E-state index is -4.11. The summed E-state index contributed by atoms with van der Waals surface area (Å²) in [7, 11) is -4.11. The lowest BCUT2D eigenvalue weighted by Gasteiger charge is -2.12. The van der Waals surface area contributed by atoms with Crippen molar-refractivity contribution in [2.45, 2.75) is 37.6 Å². The second-order valence-electron chi connectivity index (χ2n) is 6.64. The fraction of sp³-hybridized carbons (Fsp3) is 0.300. The monoisotopic (exact) mass is 455 g/mol. The van der Waals surface area contributed by atoms with Crippen LogP contribution in [0.15, 0.2) is 47.4 Å². The van der Waals surface area contributed by atoms with Crippen LogP contribution in [0.1, 0.15) is 37.0 Å². The molecule has 30 heavy (non-hydrogen) atoms. The van der Waals surface area contributed by atoms with Crippen molar-refractivity contribution in [3.05, 3.63) is 58.9 Å². The molecule has 0 radical (unpaired) electrons. The molecule has 0 saturated carbocycles. The molecule has 2 aromatic rings.